The van der Waals surface area contributed by atoms with Crippen LogP contribution >= 0.6 is 0 Å². The Morgan fingerprint density at radius 2 is 0.455 bits per heavy atom. The minimum atomic E-state index is -0.773. The van der Waals surface area contributed by atoms with E-state index in [0.29, 0.717) is 19.3 Å². The third-order valence-electron chi connectivity index (χ3n) is 15.9. The first-order valence-corrected chi connectivity index (χ1v) is 34.8. The van der Waals surface area contributed by atoms with Crippen LogP contribution in [0.1, 0.15) is 393 Å². The third-order valence-corrected chi connectivity index (χ3v) is 15.9. The SMILES string of the molecule is CCC/C=C\CCCCCCCC(=O)OCC(COC(=O)CCCCCCCCCCCCCCCCCCCCCCCCCCCCCC)OC(=O)CCCCCCCCCCC/C=C\CCCCCCCCCC. The molecule has 0 aliphatic carbocycles. The highest BCUT2D eigenvalue weighted by atomic mass is 16.6. The number of esters is 3. The summed E-state index contributed by atoms with van der Waals surface area (Å²) >= 11 is 0. The molecule has 77 heavy (non-hydrogen) atoms. The summed E-state index contributed by atoms with van der Waals surface area (Å²) in [7, 11) is 0. The van der Waals surface area contributed by atoms with Gasteiger partial charge in [-0.3, -0.25) is 14.4 Å². The summed E-state index contributed by atoms with van der Waals surface area (Å²) in [5, 5.41) is 0. The lowest BCUT2D eigenvalue weighted by Gasteiger charge is -2.18. The smallest absolute Gasteiger partial charge is 0.306 e. The van der Waals surface area contributed by atoms with Crippen LogP contribution in [-0.4, -0.2) is 37.2 Å². The largest absolute Gasteiger partial charge is 0.462 e. The van der Waals surface area contributed by atoms with Gasteiger partial charge >= 0.3 is 17.9 Å². The first-order chi connectivity index (χ1) is 38.0. The van der Waals surface area contributed by atoms with E-state index in [2.05, 4.69) is 45.1 Å². The molecule has 0 heterocycles. The predicted molar refractivity (Wildman–Crippen MR) is 335 cm³/mol. The molecule has 1 atom stereocenters. The summed E-state index contributed by atoms with van der Waals surface area (Å²) in [5.74, 6) is -0.856. The maximum absolute atomic E-state index is 12.9. The number of allylic oxidation sites excluding steroid dienone is 4. The summed E-state index contributed by atoms with van der Waals surface area (Å²) in [6.07, 6.45) is 80.8. The Kier molecular flexibility index (Phi) is 64.6. The van der Waals surface area contributed by atoms with Crippen molar-refractivity contribution in [1.82, 2.24) is 0 Å². The molecule has 0 bridgehead atoms. The molecule has 0 spiro atoms. The van der Waals surface area contributed by atoms with Crippen molar-refractivity contribution in [2.45, 2.75) is 399 Å². The van der Waals surface area contributed by atoms with Gasteiger partial charge in [-0.25, -0.2) is 0 Å². The van der Waals surface area contributed by atoms with Gasteiger partial charge in [0, 0.05) is 19.3 Å². The average molecular weight is 1080 g/mol. The van der Waals surface area contributed by atoms with Gasteiger partial charge in [0.15, 0.2) is 6.10 Å². The van der Waals surface area contributed by atoms with Crippen LogP contribution in [0.2, 0.25) is 0 Å². The fourth-order valence-electron chi connectivity index (χ4n) is 10.7. The summed E-state index contributed by atoms with van der Waals surface area (Å²) < 4.78 is 16.9. The minimum absolute atomic E-state index is 0.0698. The third kappa shape index (κ3) is 64.6. The van der Waals surface area contributed by atoms with Crippen molar-refractivity contribution in [1.29, 1.82) is 0 Å². The van der Waals surface area contributed by atoms with E-state index in [1.807, 2.05) is 0 Å². The molecule has 0 aromatic carbocycles. The van der Waals surface area contributed by atoms with Crippen LogP contribution in [0, 0.1) is 0 Å². The molecule has 6 heteroatoms. The van der Waals surface area contributed by atoms with E-state index < -0.39 is 6.10 Å². The van der Waals surface area contributed by atoms with Gasteiger partial charge in [-0.05, 0) is 64.2 Å². The molecule has 0 amide bonds. The molecule has 454 valence electrons. The van der Waals surface area contributed by atoms with E-state index in [1.165, 1.54) is 283 Å². The normalized spacial score (nSPS) is 12.1. The van der Waals surface area contributed by atoms with E-state index in [0.717, 1.165) is 70.6 Å². The lowest BCUT2D eigenvalue weighted by Crippen LogP contribution is -2.30. The molecule has 0 saturated heterocycles. The van der Waals surface area contributed by atoms with Crippen LogP contribution in [-0.2, 0) is 28.6 Å². The molecule has 1 unspecified atom stereocenters. The van der Waals surface area contributed by atoms with Gasteiger partial charge in [-0.2, -0.15) is 0 Å². The van der Waals surface area contributed by atoms with Crippen molar-refractivity contribution in [3.05, 3.63) is 24.3 Å². The highest BCUT2D eigenvalue weighted by molar-refractivity contribution is 5.71. The fourth-order valence-corrected chi connectivity index (χ4v) is 10.7. The molecular weight excluding hydrogens is 949 g/mol. The second kappa shape index (κ2) is 66.4. The Bertz CT molecular complexity index is 1240. The van der Waals surface area contributed by atoms with Gasteiger partial charge in [0.25, 0.3) is 0 Å². The van der Waals surface area contributed by atoms with E-state index >= 15 is 0 Å². The zero-order valence-corrected chi connectivity index (χ0v) is 52.3. The summed E-state index contributed by atoms with van der Waals surface area (Å²) in [4.78, 5) is 38.3. The molecule has 0 aromatic rings. The van der Waals surface area contributed by atoms with Crippen molar-refractivity contribution < 1.29 is 28.6 Å². The maximum atomic E-state index is 12.9. The number of unbranched alkanes of at least 4 members (excludes halogenated alkanes) is 50. The van der Waals surface area contributed by atoms with Crippen molar-refractivity contribution in [2.75, 3.05) is 13.2 Å². The number of rotatable bonds is 65. The Hall–Kier alpha value is -2.11. The van der Waals surface area contributed by atoms with E-state index in [4.69, 9.17) is 14.2 Å². The van der Waals surface area contributed by atoms with Gasteiger partial charge < -0.3 is 14.2 Å². The van der Waals surface area contributed by atoms with Crippen LogP contribution < -0.4 is 0 Å². The molecule has 0 fully saturated rings. The average Bonchev–Trinajstić information content (AvgIpc) is 3.43. The number of ether oxygens (including phenoxy) is 3. The highest BCUT2D eigenvalue weighted by Gasteiger charge is 2.19. The molecule has 0 radical (unpaired) electrons. The monoisotopic (exact) mass is 1080 g/mol. The first-order valence-electron chi connectivity index (χ1n) is 34.8. The van der Waals surface area contributed by atoms with Gasteiger partial charge in [0.2, 0.25) is 0 Å². The van der Waals surface area contributed by atoms with Gasteiger partial charge in [0.05, 0.1) is 0 Å². The van der Waals surface area contributed by atoms with E-state index in [9.17, 15) is 14.4 Å². The second-order valence-electron chi connectivity index (χ2n) is 23.8. The molecule has 0 aromatic heterocycles. The summed E-state index contributed by atoms with van der Waals surface area (Å²) in [6, 6.07) is 0. The standard InChI is InChI=1S/C71H134O6/c1-4-7-10-13-16-19-22-24-26-28-30-32-33-34-35-36-37-38-40-41-43-45-47-49-52-55-58-61-64-70(73)76-67-68(66-75-69(72)63-60-57-54-51-21-18-15-12-9-6-3)77-71(74)65-62-59-56-53-50-48-46-44-42-39-31-29-27-25-23-20-17-14-11-8-5-2/h12,15,29,31,68H,4-11,13-14,16-28,30,32-67H2,1-3H3/b15-12-,31-29-. The van der Waals surface area contributed by atoms with Crippen molar-refractivity contribution in [3.8, 4) is 0 Å². The topological polar surface area (TPSA) is 78.9 Å². The van der Waals surface area contributed by atoms with Crippen LogP contribution in [0.5, 0.6) is 0 Å². The number of carbonyl (C=O) groups excluding carboxylic acids is 3. The van der Waals surface area contributed by atoms with Gasteiger partial charge in [-0.1, -0.05) is 334 Å². The highest BCUT2D eigenvalue weighted by Crippen LogP contribution is 2.19. The summed E-state index contributed by atoms with van der Waals surface area (Å²) in [5.41, 5.74) is 0. The zero-order valence-electron chi connectivity index (χ0n) is 52.3. The second-order valence-corrected chi connectivity index (χ2v) is 23.8. The molecular formula is C71H134O6. The Morgan fingerprint density at radius 3 is 0.701 bits per heavy atom. The molecule has 0 rings (SSSR count). The Morgan fingerprint density at radius 1 is 0.247 bits per heavy atom. The zero-order chi connectivity index (χ0) is 55.7. The Balaban J connectivity index is 4.11. The molecule has 0 aliphatic rings. The first kappa shape index (κ1) is 74.9. The number of carbonyl (C=O) groups is 3. The quantitative estimate of drug-likeness (QED) is 0.0261. The van der Waals surface area contributed by atoms with Crippen LogP contribution in [0.3, 0.4) is 0 Å². The van der Waals surface area contributed by atoms with Crippen LogP contribution in [0.15, 0.2) is 24.3 Å². The molecule has 6 nitrogen and oxygen atoms in total. The lowest BCUT2D eigenvalue weighted by atomic mass is 10.0. The minimum Gasteiger partial charge on any atom is -0.462 e. The van der Waals surface area contributed by atoms with Crippen molar-refractivity contribution >= 4 is 17.9 Å². The van der Waals surface area contributed by atoms with Crippen LogP contribution in [0.4, 0.5) is 0 Å². The number of hydrogen-bond acceptors (Lipinski definition) is 6. The van der Waals surface area contributed by atoms with E-state index in [-0.39, 0.29) is 31.1 Å². The van der Waals surface area contributed by atoms with Crippen molar-refractivity contribution in [3.63, 3.8) is 0 Å². The molecule has 0 aliphatic heterocycles. The van der Waals surface area contributed by atoms with Crippen molar-refractivity contribution in [2.24, 2.45) is 0 Å². The Labute approximate surface area is 481 Å². The molecule has 0 saturated carbocycles. The van der Waals surface area contributed by atoms with Crippen LogP contribution in [0.25, 0.3) is 0 Å². The number of hydrogen-bond donors (Lipinski definition) is 0. The molecule has 0 N–H and O–H groups in total. The predicted octanol–water partition coefficient (Wildman–Crippen LogP) is 23.8. The van der Waals surface area contributed by atoms with Gasteiger partial charge in [0.1, 0.15) is 13.2 Å². The lowest BCUT2D eigenvalue weighted by molar-refractivity contribution is -0.167. The fraction of sp³-hybridized carbons (Fsp3) is 0.901. The van der Waals surface area contributed by atoms with Gasteiger partial charge in [-0.15, -0.1) is 0 Å². The maximum Gasteiger partial charge on any atom is 0.306 e. The van der Waals surface area contributed by atoms with E-state index in [1.54, 1.807) is 0 Å². The summed E-state index contributed by atoms with van der Waals surface area (Å²) in [6.45, 7) is 6.64.